The van der Waals surface area contributed by atoms with E-state index in [4.69, 9.17) is 11.6 Å². The van der Waals surface area contributed by atoms with Gasteiger partial charge in [0, 0.05) is 5.38 Å². The molecule has 60 valence electrons. The molecule has 0 N–H and O–H groups in total. The van der Waals surface area contributed by atoms with E-state index in [-0.39, 0.29) is 0 Å². The Morgan fingerprint density at radius 1 is 1.00 bits per heavy atom. The van der Waals surface area contributed by atoms with Crippen molar-refractivity contribution in [3.63, 3.8) is 0 Å². The van der Waals surface area contributed by atoms with E-state index in [0.717, 1.165) is 17.8 Å². The van der Waals surface area contributed by atoms with Crippen molar-refractivity contribution in [3.8, 4) is 0 Å². The third-order valence-corrected chi connectivity index (χ3v) is 3.50. The average Bonchev–Trinajstić information content (AvgIpc) is 1.82. The summed E-state index contributed by atoms with van der Waals surface area (Å²) in [6.45, 7) is 6.86. The van der Waals surface area contributed by atoms with Crippen LogP contribution < -0.4 is 0 Å². The van der Waals surface area contributed by atoms with Crippen molar-refractivity contribution in [3.05, 3.63) is 0 Å². The second-order valence-electron chi connectivity index (χ2n) is 3.98. The Bertz CT molecular complexity index is 99.3. The van der Waals surface area contributed by atoms with Gasteiger partial charge in [0.15, 0.2) is 0 Å². The summed E-state index contributed by atoms with van der Waals surface area (Å²) >= 11 is 6.18. The second kappa shape index (κ2) is 3.13. The molecule has 0 heterocycles. The van der Waals surface area contributed by atoms with Crippen LogP contribution >= 0.6 is 11.6 Å². The summed E-state index contributed by atoms with van der Waals surface area (Å²) in [5.41, 5.74) is 0. The quantitative estimate of drug-likeness (QED) is 0.477. The fourth-order valence-corrected chi connectivity index (χ4v) is 2.39. The molecule has 1 fully saturated rings. The Hall–Kier alpha value is 0.290. The van der Waals surface area contributed by atoms with Gasteiger partial charge in [-0.1, -0.05) is 20.8 Å². The van der Waals surface area contributed by atoms with Crippen LogP contribution in [0.4, 0.5) is 0 Å². The molecule has 0 radical (unpaired) electrons. The molecule has 0 aromatic rings. The number of rotatable bonds is 0. The zero-order chi connectivity index (χ0) is 7.72. The molecule has 0 saturated heterocycles. The molecule has 0 bridgehead atoms. The van der Waals surface area contributed by atoms with E-state index in [9.17, 15) is 0 Å². The van der Waals surface area contributed by atoms with Crippen LogP contribution in [0.5, 0.6) is 0 Å². The summed E-state index contributed by atoms with van der Waals surface area (Å²) in [6, 6.07) is 0. The maximum Gasteiger partial charge on any atom is 0.0387 e. The van der Waals surface area contributed by atoms with E-state index in [1.807, 2.05) is 0 Å². The molecule has 1 heteroatoms. The molecule has 0 aromatic carbocycles. The van der Waals surface area contributed by atoms with Crippen LogP contribution in [0, 0.1) is 17.8 Å². The van der Waals surface area contributed by atoms with Gasteiger partial charge < -0.3 is 0 Å². The molecule has 2 unspecified atom stereocenters. The van der Waals surface area contributed by atoms with Crippen molar-refractivity contribution in [1.82, 2.24) is 0 Å². The van der Waals surface area contributed by atoms with E-state index in [0.29, 0.717) is 5.38 Å². The highest BCUT2D eigenvalue weighted by molar-refractivity contribution is 6.21. The number of halogens is 1. The van der Waals surface area contributed by atoms with Crippen molar-refractivity contribution in [2.75, 3.05) is 0 Å². The number of alkyl halides is 1. The van der Waals surface area contributed by atoms with Crippen LogP contribution in [0.15, 0.2) is 0 Å². The van der Waals surface area contributed by atoms with Gasteiger partial charge in [0.25, 0.3) is 0 Å². The van der Waals surface area contributed by atoms with Gasteiger partial charge in [-0.15, -0.1) is 11.6 Å². The highest BCUT2D eigenvalue weighted by Gasteiger charge is 2.29. The summed E-state index contributed by atoms with van der Waals surface area (Å²) in [6.07, 6.45) is 2.64. The normalized spacial score (nSPS) is 49.2. The topological polar surface area (TPSA) is 0 Å². The predicted octanol–water partition coefficient (Wildman–Crippen LogP) is 3.30. The van der Waals surface area contributed by atoms with Gasteiger partial charge in [0.05, 0.1) is 0 Å². The van der Waals surface area contributed by atoms with Crippen LogP contribution in [-0.4, -0.2) is 5.38 Å². The van der Waals surface area contributed by atoms with Crippen LogP contribution in [0.1, 0.15) is 33.6 Å². The lowest BCUT2D eigenvalue weighted by molar-refractivity contribution is 0.239. The first-order chi connectivity index (χ1) is 4.61. The van der Waals surface area contributed by atoms with Crippen molar-refractivity contribution in [2.24, 2.45) is 17.8 Å². The molecule has 0 spiro atoms. The van der Waals surface area contributed by atoms with E-state index < -0.39 is 0 Å². The molecule has 1 rings (SSSR count). The number of hydrogen-bond donors (Lipinski definition) is 0. The Kier molecular flexibility index (Phi) is 2.62. The number of hydrogen-bond acceptors (Lipinski definition) is 0. The van der Waals surface area contributed by atoms with Crippen molar-refractivity contribution < 1.29 is 0 Å². The highest BCUT2D eigenvalue weighted by Crippen LogP contribution is 2.35. The summed E-state index contributed by atoms with van der Waals surface area (Å²) in [5, 5.41) is 0.427. The molecule has 0 aromatic heterocycles. The first-order valence-corrected chi connectivity index (χ1v) is 4.69. The van der Waals surface area contributed by atoms with Crippen molar-refractivity contribution >= 4 is 11.6 Å². The zero-order valence-corrected chi connectivity index (χ0v) is 7.86. The minimum Gasteiger partial charge on any atom is -0.122 e. The fourth-order valence-electron chi connectivity index (χ4n) is 2.19. The van der Waals surface area contributed by atoms with Gasteiger partial charge in [-0.3, -0.25) is 0 Å². The Morgan fingerprint density at radius 3 is 1.80 bits per heavy atom. The molecule has 0 aliphatic heterocycles. The van der Waals surface area contributed by atoms with E-state index >= 15 is 0 Å². The maximum absolute atomic E-state index is 6.18. The average molecular weight is 161 g/mol. The van der Waals surface area contributed by atoms with Crippen LogP contribution in [0.3, 0.4) is 0 Å². The Labute approximate surface area is 69.0 Å². The first kappa shape index (κ1) is 8.39. The first-order valence-electron chi connectivity index (χ1n) is 4.25. The van der Waals surface area contributed by atoms with Gasteiger partial charge in [0.1, 0.15) is 0 Å². The Morgan fingerprint density at radius 2 is 1.40 bits per heavy atom. The van der Waals surface area contributed by atoms with Crippen LogP contribution in [0.25, 0.3) is 0 Å². The maximum atomic E-state index is 6.18. The van der Waals surface area contributed by atoms with Gasteiger partial charge in [-0.05, 0) is 30.6 Å². The van der Waals surface area contributed by atoms with Crippen LogP contribution in [0.2, 0.25) is 0 Å². The van der Waals surface area contributed by atoms with Gasteiger partial charge in [-0.2, -0.15) is 0 Å². The summed E-state index contributed by atoms with van der Waals surface area (Å²) in [4.78, 5) is 0. The van der Waals surface area contributed by atoms with Crippen LogP contribution in [-0.2, 0) is 0 Å². The smallest absolute Gasteiger partial charge is 0.0387 e. The molecule has 0 nitrogen and oxygen atoms in total. The Balaban J connectivity index is 2.49. The van der Waals surface area contributed by atoms with Crippen molar-refractivity contribution in [2.45, 2.75) is 39.0 Å². The monoisotopic (exact) mass is 160 g/mol. The minimum absolute atomic E-state index is 0.427. The summed E-state index contributed by atoms with van der Waals surface area (Å²) in [5.74, 6) is 2.33. The standard InChI is InChI=1S/C9H17Cl/c1-6-4-7(2)9(10)8(3)5-6/h6-9H,4-5H2,1-3H3. The van der Waals surface area contributed by atoms with Gasteiger partial charge in [0.2, 0.25) is 0 Å². The highest BCUT2D eigenvalue weighted by atomic mass is 35.5. The molecule has 2 atom stereocenters. The van der Waals surface area contributed by atoms with Gasteiger partial charge in [-0.25, -0.2) is 0 Å². The fraction of sp³-hybridized carbons (Fsp3) is 1.00. The molecular weight excluding hydrogens is 144 g/mol. The summed E-state index contributed by atoms with van der Waals surface area (Å²) in [7, 11) is 0. The second-order valence-corrected chi connectivity index (χ2v) is 4.48. The molecule has 1 aliphatic carbocycles. The third-order valence-electron chi connectivity index (χ3n) is 2.64. The molecular formula is C9H17Cl. The van der Waals surface area contributed by atoms with E-state index in [1.54, 1.807) is 0 Å². The lowest BCUT2D eigenvalue weighted by Gasteiger charge is -2.33. The van der Waals surface area contributed by atoms with E-state index in [2.05, 4.69) is 20.8 Å². The predicted molar refractivity (Wildman–Crippen MR) is 46.4 cm³/mol. The van der Waals surface area contributed by atoms with E-state index in [1.165, 1.54) is 12.8 Å². The largest absolute Gasteiger partial charge is 0.122 e. The third kappa shape index (κ3) is 1.66. The molecule has 1 saturated carbocycles. The summed E-state index contributed by atoms with van der Waals surface area (Å²) < 4.78 is 0. The lowest BCUT2D eigenvalue weighted by Crippen LogP contribution is -2.29. The zero-order valence-electron chi connectivity index (χ0n) is 7.10. The minimum atomic E-state index is 0.427. The van der Waals surface area contributed by atoms with Gasteiger partial charge >= 0.3 is 0 Å². The lowest BCUT2D eigenvalue weighted by atomic mass is 9.77. The molecule has 1 aliphatic rings. The van der Waals surface area contributed by atoms with Crippen molar-refractivity contribution in [1.29, 1.82) is 0 Å². The molecule has 0 amide bonds. The molecule has 10 heavy (non-hydrogen) atoms. The SMILES string of the molecule is CC1CC(C)C(Cl)C(C)C1.